The molecular weight excluding hydrogens is 414 g/mol. The van der Waals surface area contributed by atoms with Gasteiger partial charge in [-0.05, 0) is 47.9 Å². The van der Waals surface area contributed by atoms with Crippen molar-refractivity contribution in [2.24, 2.45) is 5.16 Å². The van der Waals surface area contributed by atoms with Crippen LogP contribution in [0.3, 0.4) is 0 Å². The molecule has 2 amide bonds. The topological polar surface area (TPSA) is 71.0 Å². The standard InChI is InChI=1S/C27H27N3O3/c1-19-8-6-7-11-25(19)20-12-14-22(15-13-20)27(32)30-18-23(29-33-2)16-24(30)17-28-26(31)21-9-4-3-5-10-21/h3-15,24H,16-18H2,1-2H3,(H,28,31). The predicted octanol–water partition coefficient (Wildman–Crippen LogP) is 4.31. The highest BCUT2D eigenvalue weighted by atomic mass is 16.6. The highest BCUT2D eigenvalue weighted by Crippen LogP contribution is 2.25. The van der Waals surface area contributed by atoms with Crippen LogP contribution in [0.25, 0.3) is 11.1 Å². The van der Waals surface area contributed by atoms with E-state index in [9.17, 15) is 9.59 Å². The molecule has 1 saturated heterocycles. The summed E-state index contributed by atoms with van der Waals surface area (Å²) >= 11 is 0. The van der Waals surface area contributed by atoms with E-state index in [2.05, 4.69) is 29.5 Å². The first-order valence-electron chi connectivity index (χ1n) is 11.0. The third kappa shape index (κ3) is 5.12. The Kier molecular flexibility index (Phi) is 6.83. The van der Waals surface area contributed by atoms with E-state index in [1.165, 1.54) is 12.7 Å². The second-order valence-electron chi connectivity index (χ2n) is 8.10. The summed E-state index contributed by atoms with van der Waals surface area (Å²) in [6, 6.07) is 24.7. The normalized spacial score (nSPS) is 16.6. The number of hydrogen-bond donors (Lipinski definition) is 1. The predicted molar refractivity (Wildman–Crippen MR) is 129 cm³/mol. The zero-order valence-electron chi connectivity index (χ0n) is 18.8. The summed E-state index contributed by atoms with van der Waals surface area (Å²) in [5.41, 5.74) is 5.37. The molecule has 1 atom stereocenters. The molecule has 1 aliphatic heterocycles. The maximum absolute atomic E-state index is 13.4. The van der Waals surface area contributed by atoms with Gasteiger partial charge in [-0.1, -0.05) is 59.8 Å². The lowest BCUT2D eigenvalue weighted by atomic mass is 9.99. The van der Waals surface area contributed by atoms with Crippen molar-refractivity contribution in [3.05, 3.63) is 95.6 Å². The van der Waals surface area contributed by atoms with Gasteiger partial charge in [0.15, 0.2) is 0 Å². The van der Waals surface area contributed by atoms with Gasteiger partial charge in [-0.25, -0.2) is 0 Å². The lowest BCUT2D eigenvalue weighted by molar-refractivity contribution is 0.0728. The molecule has 0 saturated carbocycles. The molecule has 0 radical (unpaired) electrons. The summed E-state index contributed by atoms with van der Waals surface area (Å²) in [6.07, 6.45) is 0.552. The quantitative estimate of drug-likeness (QED) is 0.580. The van der Waals surface area contributed by atoms with E-state index in [1.807, 2.05) is 54.6 Å². The van der Waals surface area contributed by atoms with Crippen molar-refractivity contribution >= 4 is 17.5 Å². The molecule has 6 nitrogen and oxygen atoms in total. The van der Waals surface area contributed by atoms with Crippen molar-refractivity contribution < 1.29 is 14.4 Å². The number of rotatable bonds is 6. The van der Waals surface area contributed by atoms with Gasteiger partial charge in [0.1, 0.15) is 7.11 Å². The van der Waals surface area contributed by atoms with Gasteiger partial charge in [0.05, 0.1) is 18.3 Å². The van der Waals surface area contributed by atoms with E-state index in [1.54, 1.807) is 17.0 Å². The van der Waals surface area contributed by atoms with Crippen LogP contribution in [0.15, 0.2) is 84.0 Å². The average molecular weight is 442 g/mol. The van der Waals surface area contributed by atoms with Crippen molar-refractivity contribution in [1.82, 2.24) is 10.2 Å². The largest absolute Gasteiger partial charge is 0.399 e. The molecule has 3 aromatic rings. The Morgan fingerprint density at radius 3 is 2.36 bits per heavy atom. The first kappa shape index (κ1) is 22.3. The van der Waals surface area contributed by atoms with Crippen LogP contribution in [0, 0.1) is 6.92 Å². The minimum atomic E-state index is -0.199. The van der Waals surface area contributed by atoms with Crippen LogP contribution >= 0.6 is 0 Å². The molecule has 0 aliphatic carbocycles. The van der Waals surface area contributed by atoms with Gasteiger partial charge in [0.2, 0.25) is 0 Å². The molecule has 1 N–H and O–H groups in total. The molecular formula is C27H27N3O3. The lowest BCUT2D eigenvalue weighted by Crippen LogP contribution is -2.43. The molecule has 1 heterocycles. The zero-order valence-corrected chi connectivity index (χ0v) is 18.8. The number of nitrogens with one attached hydrogen (secondary N) is 1. The Morgan fingerprint density at radius 1 is 0.970 bits per heavy atom. The fourth-order valence-corrected chi connectivity index (χ4v) is 4.14. The van der Waals surface area contributed by atoms with Crippen LogP contribution in [-0.2, 0) is 4.84 Å². The number of benzene rings is 3. The van der Waals surface area contributed by atoms with Gasteiger partial charge in [-0.3, -0.25) is 9.59 Å². The number of aryl methyl sites for hydroxylation is 1. The van der Waals surface area contributed by atoms with Gasteiger partial charge >= 0.3 is 0 Å². The SMILES string of the molecule is CON=C1CC(CNC(=O)c2ccccc2)N(C(=O)c2ccc(-c3ccccc3C)cc2)C1. The summed E-state index contributed by atoms with van der Waals surface area (Å²) in [6.45, 7) is 2.78. The van der Waals surface area contributed by atoms with Crippen LogP contribution in [0.5, 0.6) is 0 Å². The second-order valence-corrected chi connectivity index (χ2v) is 8.10. The molecule has 33 heavy (non-hydrogen) atoms. The fraction of sp³-hybridized carbons (Fsp3) is 0.222. The molecule has 1 fully saturated rings. The van der Waals surface area contributed by atoms with Crippen molar-refractivity contribution in [2.45, 2.75) is 19.4 Å². The third-order valence-corrected chi connectivity index (χ3v) is 5.87. The van der Waals surface area contributed by atoms with Gasteiger partial charge in [0, 0.05) is 24.1 Å². The van der Waals surface area contributed by atoms with Gasteiger partial charge in [-0.2, -0.15) is 0 Å². The lowest BCUT2D eigenvalue weighted by Gasteiger charge is -2.24. The molecule has 0 aromatic heterocycles. The van der Waals surface area contributed by atoms with Crippen molar-refractivity contribution in [2.75, 3.05) is 20.2 Å². The van der Waals surface area contributed by atoms with E-state index in [0.717, 1.165) is 16.8 Å². The number of nitrogens with zero attached hydrogens (tertiary/aromatic N) is 2. The summed E-state index contributed by atoms with van der Waals surface area (Å²) in [5.74, 6) is -0.255. The van der Waals surface area contributed by atoms with E-state index < -0.39 is 0 Å². The van der Waals surface area contributed by atoms with Crippen LogP contribution < -0.4 is 5.32 Å². The highest BCUT2D eigenvalue weighted by Gasteiger charge is 2.34. The Balaban J connectivity index is 1.49. The monoisotopic (exact) mass is 441 g/mol. The number of amides is 2. The number of likely N-dealkylation sites (tertiary alicyclic amines) is 1. The zero-order chi connectivity index (χ0) is 23.2. The number of hydrogen-bond acceptors (Lipinski definition) is 4. The van der Waals surface area contributed by atoms with E-state index >= 15 is 0 Å². The number of carbonyl (C=O) groups is 2. The minimum Gasteiger partial charge on any atom is -0.399 e. The van der Waals surface area contributed by atoms with Crippen molar-refractivity contribution in [1.29, 1.82) is 0 Å². The van der Waals surface area contributed by atoms with E-state index in [-0.39, 0.29) is 17.9 Å². The molecule has 1 aliphatic rings. The smallest absolute Gasteiger partial charge is 0.254 e. The molecule has 0 bridgehead atoms. The highest BCUT2D eigenvalue weighted by molar-refractivity contribution is 6.01. The molecule has 1 unspecified atom stereocenters. The Bertz CT molecular complexity index is 1160. The Labute approximate surface area is 193 Å². The molecule has 168 valence electrons. The summed E-state index contributed by atoms with van der Waals surface area (Å²) in [7, 11) is 1.49. The third-order valence-electron chi connectivity index (χ3n) is 5.87. The van der Waals surface area contributed by atoms with Crippen molar-refractivity contribution in [3.63, 3.8) is 0 Å². The minimum absolute atomic E-state index is 0.0911. The summed E-state index contributed by atoms with van der Waals surface area (Å²) < 4.78 is 0. The average Bonchev–Trinajstić information content (AvgIpc) is 3.26. The Morgan fingerprint density at radius 2 is 1.67 bits per heavy atom. The van der Waals surface area contributed by atoms with Gasteiger partial charge in [0.25, 0.3) is 11.8 Å². The molecule has 6 heteroatoms. The van der Waals surface area contributed by atoms with Gasteiger partial charge < -0.3 is 15.1 Å². The first-order chi connectivity index (χ1) is 16.1. The summed E-state index contributed by atoms with van der Waals surface area (Å²) in [4.78, 5) is 32.5. The Hall–Kier alpha value is -3.93. The number of oxime groups is 1. The molecule has 4 rings (SSSR count). The van der Waals surface area contributed by atoms with Crippen LogP contribution in [0.1, 0.15) is 32.7 Å². The molecule has 0 spiro atoms. The van der Waals surface area contributed by atoms with E-state index in [4.69, 9.17) is 4.84 Å². The maximum Gasteiger partial charge on any atom is 0.254 e. The first-order valence-corrected chi connectivity index (χ1v) is 11.0. The second kappa shape index (κ2) is 10.1. The number of carbonyl (C=O) groups excluding carboxylic acids is 2. The van der Waals surface area contributed by atoms with Crippen LogP contribution in [0.4, 0.5) is 0 Å². The maximum atomic E-state index is 13.4. The fourth-order valence-electron chi connectivity index (χ4n) is 4.14. The van der Waals surface area contributed by atoms with Crippen molar-refractivity contribution in [3.8, 4) is 11.1 Å². The van der Waals surface area contributed by atoms with E-state index in [0.29, 0.717) is 30.6 Å². The molecule has 3 aromatic carbocycles. The summed E-state index contributed by atoms with van der Waals surface area (Å²) in [5, 5.41) is 7.01. The van der Waals surface area contributed by atoms with Crippen LogP contribution in [0.2, 0.25) is 0 Å². The van der Waals surface area contributed by atoms with Crippen LogP contribution in [-0.4, -0.2) is 48.7 Å². The van der Waals surface area contributed by atoms with Gasteiger partial charge in [-0.15, -0.1) is 0 Å².